The van der Waals surface area contributed by atoms with E-state index >= 15 is 0 Å². The molecule has 0 saturated heterocycles. The Balaban J connectivity index is 2.67. The molecule has 1 aromatic carbocycles. The highest BCUT2D eigenvalue weighted by Crippen LogP contribution is 2.25. The Labute approximate surface area is 82.6 Å². The molecule has 2 rings (SSSR count). The van der Waals surface area contributed by atoms with Crippen molar-refractivity contribution in [1.29, 1.82) is 0 Å². The number of aliphatic hydroxyl groups excluding tert-OH is 1. The molecule has 4 N–H and O–H groups in total. The summed E-state index contributed by atoms with van der Waals surface area (Å²) in [5.41, 5.74) is 7.26. The van der Waals surface area contributed by atoms with Crippen LogP contribution in [0, 0.1) is 0 Å². The molecule has 0 bridgehead atoms. The van der Waals surface area contributed by atoms with Crippen molar-refractivity contribution in [2.45, 2.75) is 12.5 Å². The van der Waals surface area contributed by atoms with Crippen molar-refractivity contribution in [3.05, 3.63) is 36.0 Å². The standard InChI is InChI=1S/C11H14N2O/c1-11(12,7-14)9-4-2-3-8-5-6-13-10(8)9/h2-6,13-14H,7,12H2,1H3/t11-/m0/s1. The third kappa shape index (κ3) is 1.31. The molecule has 0 spiro atoms. The van der Waals surface area contributed by atoms with Crippen molar-refractivity contribution < 1.29 is 5.11 Å². The molecule has 3 nitrogen and oxygen atoms in total. The van der Waals surface area contributed by atoms with Gasteiger partial charge in [0.1, 0.15) is 0 Å². The Bertz CT molecular complexity index is 445. The number of aliphatic hydroxyl groups is 1. The van der Waals surface area contributed by atoms with E-state index in [4.69, 9.17) is 5.73 Å². The molecule has 14 heavy (non-hydrogen) atoms. The molecule has 0 aliphatic rings. The van der Waals surface area contributed by atoms with Gasteiger partial charge in [-0.15, -0.1) is 0 Å². The van der Waals surface area contributed by atoms with Crippen LogP contribution in [0.3, 0.4) is 0 Å². The number of para-hydroxylation sites is 1. The first-order chi connectivity index (χ1) is 6.65. The highest BCUT2D eigenvalue weighted by Gasteiger charge is 2.22. The summed E-state index contributed by atoms with van der Waals surface area (Å²) < 4.78 is 0. The minimum absolute atomic E-state index is 0.0644. The SMILES string of the molecule is C[C@](N)(CO)c1cccc2cc[nH]c12. The van der Waals surface area contributed by atoms with Crippen molar-refractivity contribution in [1.82, 2.24) is 4.98 Å². The lowest BCUT2D eigenvalue weighted by Crippen LogP contribution is -2.37. The first-order valence-electron chi connectivity index (χ1n) is 4.61. The third-order valence-electron chi connectivity index (χ3n) is 2.53. The molecule has 0 aliphatic heterocycles. The Morgan fingerprint density at radius 1 is 1.43 bits per heavy atom. The Morgan fingerprint density at radius 2 is 2.21 bits per heavy atom. The predicted octanol–water partition coefficient (Wildman–Crippen LogP) is 1.33. The third-order valence-corrected chi connectivity index (χ3v) is 2.53. The summed E-state index contributed by atoms with van der Waals surface area (Å²) in [4.78, 5) is 3.14. The van der Waals surface area contributed by atoms with Crippen molar-refractivity contribution in [2.75, 3.05) is 6.61 Å². The van der Waals surface area contributed by atoms with E-state index in [1.807, 2.05) is 37.4 Å². The fraction of sp³-hybridized carbons (Fsp3) is 0.273. The molecule has 0 saturated carbocycles. The number of hydrogen-bond acceptors (Lipinski definition) is 2. The lowest BCUT2D eigenvalue weighted by Gasteiger charge is -2.22. The van der Waals surface area contributed by atoms with Crippen LogP contribution in [0.5, 0.6) is 0 Å². The second kappa shape index (κ2) is 3.12. The Morgan fingerprint density at radius 3 is 2.93 bits per heavy atom. The topological polar surface area (TPSA) is 62.0 Å². The van der Waals surface area contributed by atoms with Crippen molar-refractivity contribution >= 4 is 10.9 Å². The zero-order chi connectivity index (χ0) is 10.2. The van der Waals surface area contributed by atoms with Crippen LogP contribution in [0.25, 0.3) is 10.9 Å². The highest BCUT2D eigenvalue weighted by atomic mass is 16.3. The van der Waals surface area contributed by atoms with Gasteiger partial charge in [0.15, 0.2) is 0 Å². The van der Waals surface area contributed by atoms with Crippen LogP contribution < -0.4 is 5.73 Å². The number of benzene rings is 1. The molecule has 0 amide bonds. The van der Waals surface area contributed by atoms with Gasteiger partial charge in [-0.1, -0.05) is 18.2 Å². The van der Waals surface area contributed by atoms with Gasteiger partial charge >= 0.3 is 0 Å². The van der Waals surface area contributed by atoms with Crippen LogP contribution in [-0.2, 0) is 5.54 Å². The molecule has 3 heteroatoms. The molecule has 0 unspecified atom stereocenters. The highest BCUT2D eigenvalue weighted by molar-refractivity contribution is 5.83. The lowest BCUT2D eigenvalue weighted by molar-refractivity contribution is 0.211. The minimum Gasteiger partial charge on any atom is -0.394 e. The molecular weight excluding hydrogens is 176 g/mol. The zero-order valence-electron chi connectivity index (χ0n) is 8.12. The number of hydrogen-bond donors (Lipinski definition) is 3. The number of rotatable bonds is 2. The van der Waals surface area contributed by atoms with Gasteiger partial charge in [0.25, 0.3) is 0 Å². The molecule has 0 fully saturated rings. The van der Waals surface area contributed by atoms with Gasteiger partial charge in [-0.05, 0) is 23.9 Å². The average Bonchev–Trinajstić information content (AvgIpc) is 2.64. The van der Waals surface area contributed by atoms with Crippen LogP contribution in [0.1, 0.15) is 12.5 Å². The van der Waals surface area contributed by atoms with E-state index < -0.39 is 5.54 Å². The molecule has 74 valence electrons. The summed E-state index contributed by atoms with van der Waals surface area (Å²) in [5, 5.41) is 10.3. The van der Waals surface area contributed by atoms with Crippen molar-refractivity contribution in [3.63, 3.8) is 0 Å². The van der Waals surface area contributed by atoms with E-state index in [-0.39, 0.29) is 6.61 Å². The molecule has 0 aliphatic carbocycles. The molecule has 2 aromatic rings. The number of nitrogens with one attached hydrogen (secondary N) is 1. The van der Waals surface area contributed by atoms with E-state index in [1.165, 1.54) is 0 Å². The smallest absolute Gasteiger partial charge is 0.0651 e. The molecule has 0 radical (unpaired) electrons. The second-order valence-corrected chi connectivity index (χ2v) is 3.82. The summed E-state index contributed by atoms with van der Waals surface area (Å²) in [6, 6.07) is 7.90. The first-order valence-corrected chi connectivity index (χ1v) is 4.61. The summed E-state index contributed by atoms with van der Waals surface area (Å²) >= 11 is 0. The summed E-state index contributed by atoms with van der Waals surface area (Å²) in [5.74, 6) is 0. The van der Waals surface area contributed by atoms with E-state index in [0.717, 1.165) is 16.5 Å². The monoisotopic (exact) mass is 190 g/mol. The van der Waals surface area contributed by atoms with Crippen LogP contribution in [0.4, 0.5) is 0 Å². The number of aromatic nitrogens is 1. The van der Waals surface area contributed by atoms with E-state index in [2.05, 4.69) is 4.98 Å². The second-order valence-electron chi connectivity index (χ2n) is 3.82. The maximum atomic E-state index is 9.21. The summed E-state index contributed by atoms with van der Waals surface area (Å²) in [6.07, 6.45) is 1.88. The quantitative estimate of drug-likeness (QED) is 0.669. The zero-order valence-corrected chi connectivity index (χ0v) is 8.12. The maximum Gasteiger partial charge on any atom is 0.0651 e. The number of nitrogens with two attached hydrogens (primary N) is 1. The van der Waals surface area contributed by atoms with E-state index in [9.17, 15) is 5.11 Å². The predicted molar refractivity (Wildman–Crippen MR) is 56.9 cm³/mol. The summed E-state index contributed by atoms with van der Waals surface area (Å²) in [7, 11) is 0. The molecular formula is C11H14N2O. The molecule has 1 heterocycles. The van der Waals surface area contributed by atoms with Gasteiger partial charge < -0.3 is 15.8 Å². The van der Waals surface area contributed by atoms with Gasteiger partial charge in [0, 0.05) is 6.20 Å². The largest absolute Gasteiger partial charge is 0.394 e. The molecule has 1 aromatic heterocycles. The minimum atomic E-state index is -0.690. The molecule has 1 atom stereocenters. The summed E-state index contributed by atoms with van der Waals surface area (Å²) in [6.45, 7) is 1.76. The van der Waals surface area contributed by atoms with E-state index in [1.54, 1.807) is 0 Å². The number of aromatic amines is 1. The first kappa shape index (κ1) is 9.24. The van der Waals surface area contributed by atoms with Gasteiger partial charge in [0.2, 0.25) is 0 Å². The van der Waals surface area contributed by atoms with E-state index in [0.29, 0.717) is 0 Å². The van der Waals surface area contributed by atoms with Crippen LogP contribution in [0.15, 0.2) is 30.5 Å². The average molecular weight is 190 g/mol. The van der Waals surface area contributed by atoms with Gasteiger partial charge in [-0.2, -0.15) is 0 Å². The number of H-pyrrole nitrogens is 1. The van der Waals surface area contributed by atoms with Crippen molar-refractivity contribution in [3.8, 4) is 0 Å². The normalized spacial score (nSPS) is 15.6. The fourth-order valence-corrected chi connectivity index (χ4v) is 1.65. The Hall–Kier alpha value is -1.32. The Kier molecular flexibility index (Phi) is 2.06. The van der Waals surface area contributed by atoms with Crippen LogP contribution in [-0.4, -0.2) is 16.7 Å². The van der Waals surface area contributed by atoms with Crippen LogP contribution in [0.2, 0.25) is 0 Å². The van der Waals surface area contributed by atoms with Gasteiger partial charge in [-0.25, -0.2) is 0 Å². The van der Waals surface area contributed by atoms with Gasteiger partial charge in [0.05, 0.1) is 17.7 Å². The fourth-order valence-electron chi connectivity index (χ4n) is 1.65. The van der Waals surface area contributed by atoms with Crippen molar-refractivity contribution in [2.24, 2.45) is 5.73 Å². The van der Waals surface area contributed by atoms with Gasteiger partial charge in [-0.3, -0.25) is 0 Å². The lowest BCUT2D eigenvalue weighted by atomic mass is 9.92. The maximum absolute atomic E-state index is 9.21. The van der Waals surface area contributed by atoms with Crippen LogP contribution >= 0.6 is 0 Å². The number of fused-ring (bicyclic) bond motifs is 1.